The zero-order valence-electron chi connectivity index (χ0n) is 24.8. The lowest BCUT2D eigenvalue weighted by molar-refractivity contribution is -0.137. The van der Waals surface area contributed by atoms with Crippen molar-refractivity contribution in [3.8, 4) is 0 Å². The van der Waals surface area contributed by atoms with Crippen LogP contribution in [0.5, 0.6) is 0 Å². The van der Waals surface area contributed by atoms with Crippen molar-refractivity contribution < 1.29 is 31.1 Å². The smallest absolute Gasteiger partial charge is 0.385 e. The van der Waals surface area contributed by atoms with E-state index >= 15 is 0 Å². The molecule has 45 heavy (non-hydrogen) atoms. The molecule has 0 spiro atoms. The molecule has 0 radical (unpaired) electrons. The van der Waals surface area contributed by atoms with Gasteiger partial charge in [-0.05, 0) is 65.1 Å². The fourth-order valence-corrected chi connectivity index (χ4v) is 6.77. The third kappa shape index (κ3) is 7.73. The number of methoxy groups -OCH3 is 1. The lowest BCUT2D eigenvalue weighted by Gasteiger charge is -2.28. The van der Waals surface area contributed by atoms with E-state index in [1.807, 2.05) is 54.7 Å². The summed E-state index contributed by atoms with van der Waals surface area (Å²) in [5.41, 5.74) is 1.63. The van der Waals surface area contributed by atoms with E-state index in [0.29, 0.717) is 25.0 Å². The van der Waals surface area contributed by atoms with E-state index in [1.165, 1.54) is 30.2 Å². The van der Waals surface area contributed by atoms with Crippen LogP contribution in [-0.2, 0) is 38.7 Å². The molecule has 0 atom stereocenters. The summed E-state index contributed by atoms with van der Waals surface area (Å²) in [6.07, 6.45) is -1.79. The summed E-state index contributed by atoms with van der Waals surface area (Å²) in [5.74, 6) is -0.462. The van der Waals surface area contributed by atoms with Crippen LogP contribution in [0.1, 0.15) is 23.1 Å². The van der Waals surface area contributed by atoms with Crippen molar-refractivity contribution in [2.75, 3.05) is 33.4 Å². The second kappa shape index (κ2) is 13.8. The molecule has 4 aromatic carbocycles. The number of fused-ring (bicyclic) bond motifs is 2. The number of nitrogens with one attached hydrogen (secondary N) is 1. The molecule has 1 N–H and O–H groups in total. The first kappa shape index (κ1) is 32.2. The molecule has 7 nitrogen and oxygen atoms in total. The molecule has 236 valence electrons. The van der Waals surface area contributed by atoms with E-state index in [4.69, 9.17) is 4.74 Å². The predicted octanol–water partition coefficient (Wildman–Crippen LogP) is 6.64. The number of hydrogen-bond acceptors (Lipinski definition) is 4. The van der Waals surface area contributed by atoms with Crippen LogP contribution in [0.25, 0.3) is 21.7 Å². The maximum atomic E-state index is 13.9. The average Bonchev–Trinajstić information content (AvgIpc) is 3.45. The first-order valence-corrected chi connectivity index (χ1v) is 16.0. The summed E-state index contributed by atoms with van der Waals surface area (Å²) in [5, 5.41) is 2.64. The number of nitrogens with zero attached hydrogens (tertiary/aromatic N) is 2. The van der Waals surface area contributed by atoms with Crippen molar-refractivity contribution in [3.63, 3.8) is 0 Å². The van der Waals surface area contributed by atoms with Crippen LogP contribution in [-0.4, -0.2) is 61.9 Å². The number of benzene rings is 4. The molecule has 0 saturated heterocycles. The van der Waals surface area contributed by atoms with Crippen LogP contribution < -0.4 is 0 Å². The van der Waals surface area contributed by atoms with Crippen molar-refractivity contribution in [2.24, 2.45) is 0 Å². The Morgan fingerprint density at radius 2 is 1.60 bits per heavy atom. The fourth-order valence-electron chi connectivity index (χ4n) is 5.30. The number of carbonyl (C=O) groups excluding carboxylic acids is 1. The number of para-hydroxylation sites is 1. The van der Waals surface area contributed by atoms with E-state index in [1.54, 1.807) is 12.1 Å². The standard InChI is InChI=1S/C34H34F3N3O4S/c1-44-20-6-18-40(45(42,43)30-16-13-26-7-2-3-8-27(26)21-30)24-33(41)39(23-25-11-14-29(15-12-25)34(35,36)37)19-17-28-22-38-32-10-5-4-9-31(28)32/h2-5,7-16,21-22,38H,6,17-20,23-24H2,1H3. The van der Waals surface area contributed by atoms with E-state index < -0.39 is 34.2 Å². The number of carbonyl (C=O) groups is 1. The predicted molar refractivity (Wildman–Crippen MR) is 168 cm³/mol. The summed E-state index contributed by atoms with van der Waals surface area (Å²) in [7, 11) is -2.57. The zero-order chi connectivity index (χ0) is 32.0. The Morgan fingerprint density at radius 3 is 2.33 bits per heavy atom. The van der Waals surface area contributed by atoms with E-state index in [0.717, 1.165) is 43.7 Å². The fraction of sp³-hybridized carbons (Fsp3) is 0.265. The molecule has 0 aliphatic heterocycles. The Balaban J connectivity index is 1.42. The largest absolute Gasteiger partial charge is 0.416 e. The number of amides is 1. The maximum absolute atomic E-state index is 13.9. The molecule has 1 heterocycles. The normalized spacial score (nSPS) is 12.3. The highest BCUT2D eigenvalue weighted by Gasteiger charge is 2.31. The topological polar surface area (TPSA) is 82.7 Å². The SMILES string of the molecule is COCCCN(CC(=O)N(CCc1c[nH]c2ccccc12)Cc1ccc(C(F)(F)F)cc1)S(=O)(=O)c1ccc2ccccc2c1. The van der Waals surface area contributed by atoms with Crippen LogP contribution in [0.2, 0.25) is 0 Å². The molecular weight excluding hydrogens is 603 g/mol. The Bertz CT molecular complexity index is 1870. The van der Waals surface area contributed by atoms with Gasteiger partial charge in [-0.3, -0.25) is 4.79 Å². The van der Waals surface area contributed by atoms with Gasteiger partial charge in [0.05, 0.1) is 17.0 Å². The number of hydrogen-bond donors (Lipinski definition) is 1. The van der Waals surface area contributed by atoms with Gasteiger partial charge in [-0.2, -0.15) is 17.5 Å². The lowest BCUT2D eigenvalue weighted by atomic mass is 10.1. The number of ether oxygens (including phenoxy) is 1. The van der Waals surface area contributed by atoms with Gasteiger partial charge in [0.25, 0.3) is 0 Å². The van der Waals surface area contributed by atoms with Gasteiger partial charge in [0.15, 0.2) is 0 Å². The average molecular weight is 638 g/mol. The van der Waals surface area contributed by atoms with Crippen molar-refractivity contribution in [1.82, 2.24) is 14.2 Å². The van der Waals surface area contributed by atoms with Gasteiger partial charge in [0.2, 0.25) is 15.9 Å². The van der Waals surface area contributed by atoms with Crippen LogP contribution >= 0.6 is 0 Å². The first-order chi connectivity index (χ1) is 21.6. The van der Waals surface area contributed by atoms with Gasteiger partial charge in [-0.15, -0.1) is 0 Å². The Kier molecular flexibility index (Phi) is 9.91. The highest BCUT2D eigenvalue weighted by molar-refractivity contribution is 7.89. The number of aromatic nitrogens is 1. The van der Waals surface area contributed by atoms with E-state index in [-0.39, 0.29) is 24.5 Å². The highest BCUT2D eigenvalue weighted by Crippen LogP contribution is 2.29. The van der Waals surface area contributed by atoms with Crippen molar-refractivity contribution in [1.29, 1.82) is 0 Å². The van der Waals surface area contributed by atoms with Gasteiger partial charge >= 0.3 is 6.18 Å². The zero-order valence-corrected chi connectivity index (χ0v) is 25.6. The van der Waals surface area contributed by atoms with Gasteiger partial charge in [0.1, 0.15) is 0 Å². The second-order valence-electron chi connectivity index (χ2n) is 10.8. The van der Waals surface area contributed by atoms with Gasteiger partial charge < -0.3 is 14.6 Å². The molecule has 0 aliphatic rings. The quantitative estimate of drug-likeness (QED) is 0.147. The van der Waals surface area contributed by atoms with Crippen molar-refractivity contribution in [2.45, 2.75) is 30.5 Å². The summed E-state index contributed by atoms with van der Waals surface area (Å²) < 4.78 is 73.7. The number of H-pyrrole nitrogens is 1. The Morgan fingerprint density at radius 1 is 0.889 bits per heavy atom. The van der Waals surface area contributed by atoms with Gasteiger partial charge in [-0.25, -0.2) is 8.42 Å². The molecule has 0 bridgehead atoms. The summed E-state index contributed by atoms with van der Waals surface area (Å²) >= 11 is 0. The van der Waals surface area contributed by atoms with E-state index in [9.17, 15) is 26.4 Å². The molecule has 1 amide bonds. The van der Waals surface area contributed by atoms with Gasteiger partial charge in [0, 0.05) is 50.5 Å². The molecule has 11 heteroatoms. The molecule has 0 unspecified atom stereocenters. The summed E-state index contributed by atoms with van der Waals surface area (Å²) in [6, 6.07) is 24.7. The molecule has 0 saturated carbocycles. The van der Waals surface area contributed by atoms with Crippen molar-refractivity contribution >= 4 is 37.6 Å². The van der Waals surface area contributed by atoms with Gasteiger partial charge in [-0.1, -0.05) is 60.7 Å². The minimum atomic E-state index is -4.48. The van der Waals surface area contributed by atoms with Crippen LogP contribution in [0.3, 0.4) is 0 Å². The second-order valence-corrected chi connectivity index (χ2v) is 12.8. The lowest BCUT2D eigenvalue weighted by Crippen LogP contribution is -2.43. The monoisotopic (exact) mass is 637 g/mol. The van der Waals surface area contributed by atoms with E-state index in [2.05, 4.69) is 4.98 Å². The number of halogens is 3. The maximum Gasteiger partial charge on any atom is 0.416 e. The minimum absolute atomic E-state index is 0.0151. The first-order valence-electron chi connectivity index (χ1n) is 14.5. The number of alkyl halides is 3. The third-order valence-electron chi connectivity index (χ3n) is 7.76. The Hall–Kier alpha value is -4.19. The number of aromatic amines is 1. The Labute approximate surface area is 260 Å². The van der Waals surface area contributed by atoms with Crippen LogP contribution in [0.4, 0.5) is 13.2 Å². The number of sulfonamides is 1. The highest BCUT2D eigenvalue weighted by atomic mass is 32.2. The number of rotatable bonds is 13. The molecule has 1 aromatic heterocycles. The van der Waals surface area contributed by atoms with Crippen LogP contribution in [0, 0.1) is 0 Å². The third-order valence-corrected chi connectivity index (χ3v) is 9.60. The van der Waals surface area contributed by atoms with Crippen molar-refractivity contribution in [3.05, 3.63) is 114 Å². The molecule has 0 fully saturated rings. The molecule has 5 rings (SSSR count). The van der Waals surface area contributed by atoms with Crippen LogP contribution in [0.15, 0.2) is 102 Å². The summed E-state index contributed by atoms with van der Waals surface area (Å²) in [6.45, 7) is 0.150. The molecular formula is C34H34F3N3O4S. The molecule has 5 aromatic rings. The molecule has 0 aliphatic carbocycles. The summed E-state index contributed by atoms with van der Waals surface area (Å²) in [4.78, 5) is 18.7. The minimum Gasteiger partial charge on any atom is -0.385 e.